The zero-order valence-electron chi connectivity index (χ0n) is 12.6. The molecule has 22 heavy (non-hydrogen) atoms. The maximum absolute atomic E-state index is 12.2. The van der Waals surface area contributed by atoms with Crippen molar-refractivity contribution in [1.29, 1.82) is 0 Å². The van der Waals surface area contributed by atoms with Crippen molar-refractivity contribution in [3.8, 4) is 0 Å². The van der Waals surface area contributed by atoms with Crippen LogP contribution in [0.2, 0.25) is 0 Å². The molecule has 0 radical (unpaired) electrons. The number of carbonyl (C=O) groups excluding carboxylic acids is 1. The number of hydrogen-bond acceptors (Lipinski definition) is 4. The number of piperidine rings is 1. The van der Waals surface area contributed by atoms with E-state index >= 15 is 0 Å². The van der Waals surface area contributed by atoms with Gasteiger partial charge in [-0.15, -0.1) is 0 Å². The smallest absolute Gasteiger partial charge is 0.269 e. The van der Waals surface area contributed by atoms with Crippen molar-refractivity contribution >= 4 is 5.91 Å². The first-order valence-electron chi connectivity index (χ1n) is 7.81. The van der Waals surface area contributed by atoms with Crippen LogP contribution in [0, 0.1) is 0 Å². The molecule has 3 rings (SSSR count). The summed E-state index contributed by atoms with van der Waals surface area (Å²) in [6.45, 7) is 2.62. The van der Waals surface area contributed by atoms with E-state index in [9.17, 15) is 4.79 Å². The maximum atomic E-state index is 12.2. The highest BCUT2D eigenvalue weighted by Gasteiger charge is 2.25. The van der Waals surface area contributed by atoms with E-state index in [0.29, 0.717) is 12.2 Å². The second kappa shape index (κ2) is 7.22. The summed E-state index contributed by atoms with van der Waals surface area (Å²) in [7, 11) is 0. The van der Waals surface area contributed by atoms with Crippen LogP contribution in [0.1, 0.15) is 41.6 Å². The molecule has 5 nitrogen and oxygen atoms in total. The topological polar surface area (TPSA) is 58.4 Å². The molecule has 116 valence electrons. The predicted octanol–water partition coefficient (Wildman–Crippen LogP) is 2.63. The highest BCUT2D eigenvalue weighted by atomic mass is 16.3. The number of likely N-dealkylation sites (tertiary alicyclic amines) is 1. The van der Waals surface area contributed by atoms with Gasteiger partial charge in [0.25, 0.3) is 5.91 Å². The quantitative estimate of drug-likeness (QED) is 0.922. The lowest BCUT2D eigenvalue weighted by Gasteiger charge is -2.33. The Bertz CT molecular complexity index is 577. The summed E-state index contributed by atoms with van der Waals surface area (Å²) in [5, 5.41) is 2.98. The first-order valence-corrected chi connectivity index (χ1v) is 7.81. The average molecular weight is 299 g/mol. The first-order chi connectivity index (χ1) is 10.8. The summed E-state index contributed by atoms with van der Waals surface area (Å²) >= 11 is 0. The first kappa shape index (κ1) is 14.8. The second-order valence-electron chi connectivity index (χ2n) is 5.55. The molecule has 1 aliphatic rings. The van der Waals surface area contributed by atoms with Crippen LogP contribution in [0.3, 0.4) is 0 Å². The van der Waals surface area contributed by atoms with Gasteiger partial charge in [-0.3, -0.25) is 14.7 Å². The molecule has 0 unspecified atom stereocenters. The molecule has 0 bridgehead atoms. The third kappa shape index (κ3) is 3.54. The Morgan fingerprint density at radius 1 is 1.23 bits per heavy atom. The molecule has 1 fully saturated rings. The van der Waals surface area contributed by atoms with Gasteiger partial charge >= 0.3 is 0 Å². The molecule has 3 heterocycles. The van der Waals surface area contributed by atoms with Crippen molar-refractivity contribution in [3.05, 3.63) is 54.2 Å². The number of rotatable bonds is 5. The van der Waals surface area contributed by atoms with Crippen LogP contribution < -0.4 is 5.32 Å². The zero-order valence-corrected chi connectivity index (χ0v) is 12.6. The fourth-order valence-corrected chi connectivity index (χ4v) is 2.90. The molecule has 5 heteroatoms. The molecule has 1 saturated heterocycles. The van der Waals surface area contributed by atoms with Crippen LogP contribution in [-0.4, -0.2) is 35.4 Å². The van der Waals surface area contributed by atoms with E-state index in [0.717, 1.165) is 18.8 Å². The van der Waals surface area contributed by atoms with Gasteiger partial charge in [-0.05, 0) is 50.2 Å². The van der Waals surface area contributed by atoms with Crippen molar-refractivity contribution in [2.24, 2.45) is 0 Å². The number of amides is 1. The third-order valence-corrected chi connectivity index (χ3v) is 4.06. The lowest BCUT2D eigenvalue weighted by molar-refractivity contribution is 0.0909. The maximum Gasteiger partial charge on any atom is 0.269 e. The molecule has 1 N–H and O–H groups in total. The summed E-state index contributed by atoms with van der Waals surface area (Å²) in [5.41, 5.74) is 0.444. The number of pyridine rings is 1. The Balaban J connectivity index is 1.66. The van der Waals surface area contributed by atoms with E-state index in [1.54, 1.807) is 24.6 Å². The van der Waals surface area contributed by atoms with Crippen LogP contribution in [-0.2, 0) is 0 Å². The molecule has 1 aliphatic heterocycles. The lowest BCUT2D eigenvalue weighted by atomic mass is 10.1. The van der Waals surface area contributed by atoms with E-state index in [-0.39, 0.29) is 11.9 Å². The number of nitrogens with zero attached hydrogens (tertiary/aromatic N) is 2. The summed E-state index contributed by atoms with van der Waals surface area (Å²) < 4.78 is 5.58. The number of aromatic nitrogens is 1. The van der Waals surface area contributed by atoms with Crippen LogP contribution in [0.5, 0.6) is 0 Å². The van der Waals surface area contributed by atoms with Gasteiger partial charge in [-0.2, -0.15) is 0 Å². The summed E-state index contributed by atoms with van der Waals surface area (Å²) in [4.78, 5) is 18.7. The molecule has 0 saturated carbocycles. The van der Waals surface area contributed by atoms with Gasteiger partial charge in [-0.1, -0.05) is 12.5 Å². The highest BCUT2D eigenvalue weighted by Crippen LogP contribution is 2.24. The minimum absolute atomic E-state index is 0.0861. The number of hydrogen-bond donors (Lipinski definition) is 1. The lowest BCUT2D eigenvalue weighted by Crippen LogP contribution is -2.40. The molecule has 0 aromatic carbocycles. The monoisotopic (exact) mass is 299 g/mol. The van der Waals surface area contributed by atoms with Crippen molar-refractivity contribution in [1.82, 2.24) is 15.2 Å². The van der Waals surface area contributed by atoms with Crippen LogP contribution in [0.15, 0.2) is 47.2 Å². The molecule has 2 aromatic heterocycles. The van der Waals surface area contributed by atoms with Crippen molar-refractivity contribution < 1.29 is 9.21 Å². The third-order valence-electron chi connectivity index (χ3n) is 4.06. The van der Waals surface area contributed by atoms with Gasteiger partial charge in [0.2, 0.25) is 0 Å². The van der Waals surface area contributed by atoms with Crippen LogP contribution in [0.4, 0.5) is 0 Å². The standard InChI is InChI=1S/C17H21N3O2/c21-17(14-7-2-3-9-18-14)19-13-15(16-8-6-12-22-16)20-10-4-1-5-11-20/h2-3,6-9,12,15H,1,4-5,10-11,13H2,(H,19,21)/t15-/m1/s1. The molecule has 2 aromatic rings. The molecule has 1 amide bonds. The van der Waals surface area contributed by atoms with E-state index in [4.69, 9.17) is 4.42 Å². The number of nitrogens with one attached hydrogen (secondary N) is 1. The summed E-state index contributed by atoms with van der Waals surface area (Å²) in [6, 6.07) is 9.30. The Morgan fingerprint density at radius 3 is 2.77 bits per heavy atom. The van der Waals surface area contributed by atoms with Gasteiger partial charge in [0.15, 0.2) is 0 Å². The van der Waals surface area contributed by atoms with Gasteiger partial charge < -0.3 is 9.73 Å². The summed E-state index contributed by atoms with van der Waals surface area (Å²) in [6.07, 6.45) is 6.99. The molecule has 0 aliphatic carbocycles. The van der Waals surface area contributed by atoms with Gasteiger partial charge in [0.05, 0.1) is 12.3 Å². The molecule has 1 atom stereocenters. The Kier molecular flexibility index (Phi) is 4.85. The fourth-order valence-electron chi connectivity index (χ4n) is 2.90. The predicted molar refractivity (Wildman–Crippen MR) is 83.4 cm³/mol. The molecule has 0 spiro atoms. The summed E-state index contributed by atoms with van der Waals surface area (Å²) in [5.74, 6) is 0.761. The van der Waals surface area contributed by atoms with E-state index in [2.05, 4.69) is 15.2 Å². The van der Waals surface area contributed by atoms with Crippen molar-refractivity contribution in [2.75, 3.05) is 19.6 Å². The molecular formula is C17H21N3O2. The van der Waals surface area contributed by atoms with Gasteiger partial charge in [0.1, 0.15) is 11.5 Å². The minimum Gasteiger partial charge on any atom is -0.468 e. The number of furan rings is 1. The average Bonchev–Trinajstić information content (AvgIpc) is 3.11. The van der Waals surface area contributed by atoms with Gasteiger partial charge in [0, 0.05) is 12.7 Å². The normalized spacial score (nSPS) is 17.1. The Morgan fingerprint density at radius 2 is 2.09 bits per heavy atom. The Labute approximate surface area is 130 Å². The number of carbonyl (C=O) groups is 1. The fraction of sp³-hybridized carbons (Fsp3) is 0.412. The van der Waals surface area contributed by atoms with Crippen molar-refractivity contribution in [3.63, 3.8) is 0 Å². The van der Waals surface area contributed by atoms with Crippen LogP contribution in [0.25, 0.3) is 0 Å². The SMILES string of the molecule is O=C(NC[C@H](c1ccco1)N1CCCCC1)c1ccccn1. The van der Waals surface area contributed by atoms with E-state index < -0.39 is 0 Å². The Hall–Kier alpha value is -2.14. The van der Waals surface area contributed by atoms with Crippen LogP contribution >= 0.6 is 0 Å². The van der Waals surface area contributed by atoms with Gasteiger partial charge in [-0.25, -0.2) is 0 Å². The molecular weight excluding hydrogens is 278 g/mol. The zero-order chi connectivity index (χ0) is 15.2. The largest absolute Gasteiger partial charge is 0.468 e. The van der Waals surface area contributed by atoms with E-state index in [1.165, 1.54) is 19.3 Å². The minimum atomic E-state index is -0.144. The van der Waals surface area contributed by atoms with E-state index in [1.807, 2.05) is 18.2 Å². The van der Waals surface area contributed by atoms with Crippen molar-refractivity contribution in [2.45, 2.75) is 25.3 Å². The highest BCUT2D eigenvalue weighted by molar-refractivity contribution is 5.92. The second-order valence-corrected chi connectivity index (χ2v) is 5.55.